The van der Waals surface area contributed by atoms with Gasteiger partial charge in [0.1, 0.15) is 5.60 Å². The molecule has 0 aromatic rings. The highest BCUT2D eigenvalue weighted by molar-refractivity contribution is 5.68. The molecule has 0 rings (SSSR count). The molecule has 84 valence electrons. The van der Waals surface area contributed by atoms with Gasteiger partial charge >= 0.3 is 6.09 Å². The molecule has 0 saturated carbocycles. The summed E-state index contributed by atoms with van der Waals surface area (Å²) in [5, 5.41) is 5.89. The molecule has 14 heavy (non-hydrogen) atoms. The minimum Gasteiger partial charge on any atom is -0.444 e. The standard InChI is InChI=1S/C10H22N2O2/c1-6-11-7-8(2)12-9(13)14-10(3,4)5/h8,11H,6-7H2,1-5H3,(H,12,13)/t8-/m1/s1. The Kier molecular flexibility index (Phi) is 5.53. The summed E-state index contributed by atoms with van der Waals surface area (Å²) in [5.74, 6) is 0. The van der Waals surface area contributed by atoms with Crippen LogP contribution in [0, 0.1) is 0 Å². The zero-order chi connectivity index (χ0) is 11.2. The zero-order valence-electron chi connectivity index (χ0n) is 9.81. The zero-order valence-corrected chi connectivity index (χ0v) is 9.81. The first kappa shape index (κ1) is 13.2. The summed E-state index contributed by atoms with van der Waals surface area (Å²) in [7, 11) is 0. The number of rotatable bonds is 4. The quantitative estimate of drug-likeness (QED) is 0.726. The van der Waals surface area contributed by atoms with Crippen molar-refractivity contribution in [1.82, 2.24) is 10.6 Å². The van der Waals surface area contributed by atoms with E-state index < -0.39 is 5.60 Å². The molecule has 0 aromatic heterocycles. The van der Waals surface area contributed by atoms with Gasteiger partial charge in [-0.1, -0.05) is 6.92 Å². The van der Waals surface area contributed by atoms with Crippen molar-refractivity contribution < 1.29 is 9.53 Å². The van der Waals surface area contributed by atoms with Gasteiger partial charge in [0.25, 0.3) is 0 Å². The van der Waals surface area contributed by atoms with Crippen molar-refractivity contribution in [2.24, 2.45) is 0 Å². The summed E-state index contributed by atoms with van der Waals surface area (Å²) in [5.41, 5.74) is -0.429. The van der Waals surface area contributed by atoms with Gasteiger partial charge in [-0.05, 0) is 34.2 Å². The smallest absolute Gasteiger partial charge is 0.407 e. The van der Waals surface area contributed by atoms with Gasteiger partial charge in [0.15, 0.2) is 0 Å². The summed E-state index contributed by atoms with van der Waals surface area (Å²) < 4.78 is 5.11. The highest BCUT2D eigenvalue weighted by Gasteiger charge is 2.17. The molecule has 0 aliphatic carbocycles. The Morgan fingerprint density at radius 3 is 2.43 bits per heavy atom. The molecule has 4 heteroatoms. The SMILES string of the molecule is CCNC[C@@H](C)NC(=O)OC(C)(C)C. The van der Waals surface area contributed by atoms with Gasteiger partial charge in [-0.25, -0.2) is 4.79 Å². The fourth-order valence-corrected chi connectivity index (χ4v) is 0.921. The molecule has 2 N–H and O–H groups in total. The van der Waals surface area contributed by atoms with E-state index in [-0.39, 0.29) is 12.1 Å². The van der Waals surface area contributed by atoms with Crippen LogP contribution in [0.4, 0.5) is 4.79 Å². The molecule has 0 bridgehead atoms. The number of nitrogens with one attached hydrogen (secondary N) is 2. The molecule has 1 atom stereocenters. The monoisotopic (exact) mass is 202 g/mol. The first-order valence-electron chi connectivity index (χ1n) is 5.05. The molecule has 0 saturated heterocycles. The van der Waals surface area contributed by atoms with Gasteiger partial charge in [-0.3, -0.25) is 0 Å². The maximum absolute atomic E-state index is 11.3. The molecule has 0 spiro atoms. The van der Waals surface area contributed by atoms with Crippen molar-refractivity contribution in [3.8, 4) is 0 Å². The second-order valence-corrected chi connectivity index (χ2v) is 4.35. The molecule has 0 unspecified atom stereocenters. The largest absolute Gasteiger partial charge is 0.444 e. The number of likely N-dealkylation sites (N-methyl/N-ethyl adjacent to an activating group) is 1. The van der Waals surface area contributed by atoms with Crippen molar-refractivity contribution in [2.75, 3.05) is 13.1 Å². The van der Waals surface area contributed by atoms with Gasteiger partial charge in [0, 0.05) is 12.6 Å². The molecule has 0 aromatic carbocycles. The van der Waals surface area contributed by atoms with E-state index in [1.807, 2.05) is 34.6 Å². The van der Waals surface area contributed by atoms with Crippen LogP contribution in [0.5, 0.6) is 0 Å². The molecule has 0 fully saturated rings. The minimum atomic E-state index is -0.429. The van der Waals surface area contributed by atoms with Crippen LogP contribution in [0.1, 0.15) is 34.6 Å². The van der Waals surface area contributed by atoms with Crippen molar-refractivity contribution in [3.63, 3.8) is 0 Å². The van der Waals surface area contributed by atoms with Crippen LogP contribution in [0.2, 0.25) is 0 Å². The number of hydrogen-bond donors (Lipinski definition) is 2. The summed E-state index contributed by atoms with van der Waals surface area (Å²) in [6.45, 7) is 11.2. The lowest BCUT2D eigenvalue weighted by molar-refractivity contribution is 0.0508. The maximum Gasteiger partial charge on any atom is 0.407 e. The topological polar surface area (TPSA) is 50.4 Å². The van der Waals surface area contributed by atoms with Crippen molar-refractivity contribution in [1.29, 1.82) is 0 Å². The molecular weight excluding hydrogens is 180 g/mol. The van der Waals surface area contributed by atoms with Crippen LogP contribution in [-0.4, -0.2) is 30.8 Å². The molecule has 0 radical (unpaired) electrons. The minimum absolute atomic E-state index is 0.0878. The van der Waals surface area contributed by atoms with Gasteiger partial charge in [0.2, 0.25) is 0 Å². The molecule has 0 heterocycles. The van der Waals surface area contributed by atoms with E-state index >= 15 is 0 Å². The van der Waals surface area contributed by atoms with Crippen LogP contribution in [0.25, 0.3) is 0 Å². The Labute approximate surface area is 86.4 Å². The van der Waals surface area contributed by atoms with Gasteiger partial charge in [0.05, 0.1) is 0 Å². The summed E-state index contributed by atoms with van der Waals surface area (Å²) in [4.78, 5) is 11.3. The summed E-state index contributed by atoms with van der Waals surface area (Å²) in [6, 6.07) is 0.0878. The third-order valence-electron chi connectivity index (χ3n) is 1.46. The molecule has 1 amide bonds. The second kappa shape index (κ2) is 5.86. The fraction of sp³-hybridized carbons (Fsp3) is 0.900. The van der Waals surface area contributed by atoms with Gasteiger partial charge in [-0.2, -0.15) is 0 Å². The third-order valence-corrected chi connectivity index (χ3v) is 1.46. The first-order valence-corrected chi connectivity index (χ1v) is 5.05. The number of ether oxygens (including phenoxy) is 1. The molecular formula is C10H22N2O2. The lowest BCUT2D eigenvalue weighted by Gasteiger charge is -2.22. The number of carbonyl (C=O) groups is 1. The summed E-state index contributed by atoms with van der Waals surface area (Å²) >= 11 is 0. The Morgan fingerprint density at radius 1 is 1.43 bits per heavy atom. The number of alkyl carbamates (subject to hydrolysis) is 1. The average molecular weight is 202 g/mol. The van der Waals surface area contributed by atoms with Gasteiger partial charge < -0.3 is 15.4 Å². The van der Waals surface area contributed by atoms with Crippen LogP contribution in [-0.2, 0) is 4.74 Å². The van der Waals surface area contributed by atoms with E-state index in [1.165, 1.54) is 0 Å². The van der Waals surface area contributed by atoms with Crippen LogP contribution >= 0.6 is 0 Å². The summed E-state index contributed by atoms with van der Waals surface area (Å²) in [6.07, 6.45) is -0.358. The van der Waals surface area contributed by atoms with E-state index in [2.05, 4.69) is 10.6 Å². The number of carbonyl (C=O) groups excluding carboxylic acids is 1. The van der Waals surface area contributed by atoms with Crippen molar-refractivity contribution >= 4 is 6.09 Å². The maximum atomic E-state index is 11.3. The molecule has 0 aliphatic rings. The van der Waals surface area contributed by atoms with E-state index in [1.54, 1.807) is 0 Å². The second-order valence-electron chi connectivity index (χ2n) is 4.35. The van der Waals surface area contributed by atoms with E-state index in [4.69, 9.17) is 4.74 Å². The Hall–Kier alpha value is -0.770. The lowest BCUT2D eigenvalue weighted by Crippen LogP contribution is -2.42. The predicted octanol–water partition coefficient (Wildman–Crippen LogP) is 1.51. The van der Waals surface area contributed by atoms with Crippen molar-refractivity contribution in [3.05, 3.63) is 0 Å². The van der Waals surface area contributed by atoms with E-state index in [0.29, 0.717) is 0 Å². The Balaban J connectivity index is 3.71. The molecule has 0 aliphatic heterocycles. The Bertz CT molecular complexity index is 175. The van der Waals surface area contributed by atoms with Crippen LogP contribution in [0.15, 0.2) is 0 Å². The van der Waals surface area contributed by atoms with E-state index in [9.17, 15) is 4.79 Å². The predicted molar refractivity (Wildman–Crippen MR) is 57.4 cm³/mol. The average Bonchev–Trinajstić information content (AvgIpc) is 1.96. The number of amides is 1. The van der Waals surface area contributed by atoms with Crippen molar-refractivity contribution in [2.45, 2.75) is 46.3 Å². The first-order chi connectivity index (χ1) is 6.35. The van der Waals surface area contributed by atoms with Crippen LogP contribution < -0.4 is 10.6 Å². The lowest BCUT2D eigenvalue weighted by atomic mass is 10.2. The highest BCUT2D eigenvalue weighted by Crippen LogP contribution is 2.06. The number of hydrogen-bond acceptors (Lipinski definition) is 3. The highest BCUT2D eigenvalue weighted by atomic mass is 16.6. The Morgan fingerprint density at radius 2 is 2.00 bits per heavy atom. The molecule has 4 nitrogen and oxygen atoms in total. The van der Waals surface area contributed by atoms with E-state index in [0.717, 1.165) is 13.1 Å². The van der Waals surface area contributed by atoms with Crippen LogP contribution in [0.3, 0.4) is 0 Å². The fourth-order valence-electron chi connectivity index (χ4n) is 0.921. The third kappa shape index (κ3) is 7.86. The normalized spacial score (nSPS) is 13.5. The van der Waals surface area contributed by atoms with Gasteiger partial charge in [-0.15, -0.1) is 0 Å².